The largest absolute Gasteiger partial charge is 0.459 e. The Labute approximate surface area is 120 Å². The lowest BCUT2D eigenvalue weighted by Crippen LogP contribution is -2.26. The quantitative estimate of drug-likeness (QED) is 0.664. The number of esters is 1. The maximum atomic E-state index is 12.0. The van der Waals surface area contributed by atoms with Gasteiger partial charge in [-0.3, -0.25) is 14.9 Å². The SMILES string of the molecule is CCOC(=O)C(=O)Nc1nc2c(s1)C(=O)CC(C)(C)C2. The molecule has 0 saturated carbocycles. The van der Waals surface area contributed by atoms with Crippen LogP contribution in [0, 0.1) is 5.41 Å². The van der Waals surface area contributed by atoms with E-state index in [-0.39, 0.29) is 22.9 Å². The molecule has 0 spiro atoms. The van der Waals surface area contributed by atoms with Gasteiger partial charge in [-0.2, -0.15) is 0 Å². The van der Waals surface area contributed by atoms with E-state index in [9.17, 15) is 14.4 Å². The van der Waals surface area contributed by atoms with Crippen LogP contribution in [0.1, 0.15) is 42.6 Å². The van der Waals surface area contributed by atoms with Crippen molar-refractivity contribution in [2.75, 3.05) is 11.9 Å². The Morgan fingerprint density at radius 3 is 2.75 bits per heavy atom. The van der Waals surface area contributed by atoms with Crippen LogP contribution in [-0.4, -0.2) is 29.3 Å². The molecule has 108 valence electrons. The van der Waals surface area contributed by atoms with Crippen molar-refractivity contribution in [2.45, 2.75) is 33.6 Å². The van der Waals surface area contributed by atoms with Crippen molar-refractivity contribution >= 4 is 34.1 Å². The summed E-state index contributed by atoms with van der Waals surface area (Å²) in [6.07, 6.45) is 1.15. The summed E-state index contributed by atoms with van der Waals surface area (Å²) in [5.41, 5.74) is 0.566. The molecule has 0 aromatic carbocycles. The number of rotatable bonds is 2. The van der Waals surface area contributed by atoms with Crippen molar-refractivity contribution in [3.8, 4) is 0 Å². The van der Waals surface area contributed by atoms with E-state index in [2.05, 4.69) is 15.0 Å². The van der Waals surface area contributed by atoms with Crippen molar-refractivity contribution in [2.24, 2.45) is 5.41 Å². The van der Waals surface area contributed by atoms with E-state index in [1.54, 1.807) is 6.92 Å². The Morgan fingerprint density at radius 2 is 2.10 bits per heavy atom. The summed E-state index contributed by atoms with van der Waals surface area (Å²) in [5, 5.41) is 2.64. The summed E-state index contributed by atoms with van der Waals surface area (Å²) >= 11 is 1.11. The number of thiazole rings is 1. The van der Waals surface area contributed by atoms with Gasteiger partial charge in [0.25, 0.3) is 0 Å². The molecule has 0 saturated heterocycles. The molecule has 1 aliphatic carbocycles. The first-order chi connectivity index (χ1) is 9.32. The molecule has 6 nitrogen and oxygen atoms in total. The number of Topliss-reactive ketones (excluding diaryl/α,β-unsaturated/α-hetero) is 1. The van der Waals surface area contributed by atoms with E-state index in [0.717, 1.165) is 11.3 Å². The van der Waals surface area contributed by atoms with Gasteiger partial charge in [-0.15, -0.1) is 0 Å². The topological polar surface area (TPSA) is 85.4 Å². The van der Waals surface area contributed by atoms with Crippen LogP contribution in [0.15, 0.2) is 0 Å². The third kappa shape index (κ3) is 3.04. The first-order valence-electron chi connectivity index (χ1n) is 6.33. The van der Waals surface area contributed by atoms with Crippen molar-refractivity contribution in [1.82, 2.24) is 4.98 Å². The van der Waals surface area contributed by atoms with Crippen molar-refractivity contribution in [1.29, 1.82) is 0 Å². The maximum Gasteiger partial charge on any atom is 0.397 e. The number of ether oxygens (including phenoxy) is 1. The van der Waals surface area contributed by atoms with E-state index < -0.39 is 11.9 Å². The number of carbonyl (C=O) groups excluding carboxylic acids is 3. The highest BCUT2D eigenvalue weighted by Crippen LogP contribution is 2.38. The molecule has 1 aliphatic rings. The summed E-state index contributed by atoms with van der Waals surface area (Å²) in [6.45, 7) is 5.76. The van der Waals surface area contributed by atoms with Crippen LogP contribution in [0.3, 0.4) is 0 Å². The monoisotopic (exact) mass is 296 g/mol. The number of ketones is 1. The third-order valence-corrected chi connectivity index (χ3v) is 3.97. The Balaban J connectivity index is 2.15. The summed E-state index contributed by atoms with van der Waals surface area (Å²) in [7, 11) is 0. The van der Waals surface area contributed by atoms with Crippen LogP contribution in [0.25, 0.3) is 0 Å². The fourth-order valence-corrected chi connectivity index (χ4v) is 3.03. The Kier molecular flexibility index (Phi) is 3.89. The van der Waals surface area contributed by atoms with E-state index >= 15 is 0 Å². The number of aromatic nitrogens is 1. The molecule has 0 atom stereocenters. The molecule has 0 fully saturated rings. The molecule has 1 aromatic heterocycles. The van der Waals surface area contributed by atoms with Gasteiger partial charge in [0.2, 0.25) is 0 Å². The Bertz CT molecular complexity index is 577. The molecule has 20 heavy (non-hydrogen) atoms. The number of amides is 1. The highest BCUT2D eigenvalue weighted by atomic mass is 32.1. The van der Waals surface area contributed by atoms with Crippen LogP contribution in [0.5, 0.6) is 0 Å². The van der Waals surface area contributed by atoms with Gasteiger partial charge in [0.15, 0.2) is 10.9 Å². The van der Waals surface area contributed by atoms with Crippen LogP contribution >= 0.6 is 11.3 Å². The molecule has 1 heterocycles. The van der Waals surface area contributed by atoms with Gasteiger partial charge in [0.05, 0.1) is 17.2 Å². The van der Waals surface area contributed by atoms with Crippen LogP contribution in [-0.2, 0) is 20.7 Å². The summed E-state index contributed by atoms with van der Waals surface area (Å²) < 4.78 is 4.59. The summed E-state index contributed by atoms with van der Waals surface area (Å²) in [6, 6.07) is 0. The average molecular weight is 296 g/mol. The van der Waals surface area contributed by atoms with Crippen molar-refractivity contribution < 1.29 is 19.1 Å². The van der Waals surface area contributed by atoms with Gasteiger partial charge in [0, 0.05) is 6.42 Å². The third-order valence-electron chi connectivity index (χ3n) is 2.92. The van der Waals surface area contributed by atoms with Crippen molar-refractivity contribution in [3.05, 3.63) is 10.6 Å². The first kappa shape index (κ1) is 14.6. The molecule has 1 N–H and O–H groups in total. The van der Waals surface area contributed by atoms with Gasteiger partial charge < -0.3 is 4.74 Å². The lowest BCUT2D eigenvalue weighted by atomic mass is 9.78. The van der Waals surface area contributed by atoms with Crippen LogP contribution in [0.2, 0.25) is 0 Å². The van der Waals surface area contributed by atoms with Gasteiger partial charge in [0.1, 0.15) is 0 Å². The average Bonchev–Trinajstić information content (AvgIpc) is 2.70. The zero-order valence-electron chi connectivity index (χ0n) is 11.6. The van der Waals surface area contributed by atoms with Gasteiger partial charge in [-0.05, 0) is 18.8 Å². The number of anilines is 1. The lowest BCUT2D eigenvalue weighted by Gasteiger charge is -2.26. The minimum atomic E-state index is -0.952. The number of nitrogens with one attached hydrogen (secondary N) is 1. The number of nitrogens with zero attached hydrogens (tertiary/aromatic N) is 1. The molecule has 0 aliphatic heterocycles. The molecular formula is C13H16N2O4S. The van der Waals surface area contributed by atoms with E-state index in [1.165, 1.54) is 0 Å². The second kappa shape index (κ2) is 5.32. The molecular weight excluding hydrogens is 280 g/mol. The van der Waals surface area contributed by atoms with Crippen molar-refractivity contribution in [3.63, 3.8) is 0 Å². The minimum Gasteiger partial charge on any atom is -0.459 e. The number of carbonyl (C=O) groups is 3. The fourth-order valence-electron chi connectivity index (χ4n) is 2.12. The highest BCUT2D eigenvalue weighted by molar-refractivity contribution is 7.17. The molecule has 0 radical (unpaired) electrons. The zero-order valence-corrected chi connectivity index (χ0v) is 12.4. The first-order valence-corrected chi connectivity index (χ1v) is 7.15. The maximum absolute atomic E-state index is 12.0. The molecule has 2 rings (SSSR count). The predicted molar refractivity (Wildman–Crippen MR) is 73.8 cm³/mol. The lowest BCUT2D eigenvalue weighted by molar-refractivity contribution is -0.152. The molecule has 0 unspecified atom stereocenters. The summed E-state index contributed by atoms with van der Waals surface area (Å²) in [4.78, 5) is 39.6. The number of hydrogen-bond acceptors (Lipinski definition) is 6. The molecule has 0 bridgehead atoms. The van der Waals surface area contributed by atoms with Crippen LogP contribution < -0.4 is 5.32 Å². The number of fused-ring (bicyclic) bond motifs is 1. The second-order valence-corrected chi connectivity index (χ2v) is 6.41. The molecule has 7 heteroatoms. The standard InChI is InChI=1S/C13H16N2O4S/c1-4-19-11(18)10(17)15-12-14-7-5-13(2,3)6-8(16)9(7)20-12/h4-6H2,1-3H3,(H,14,15,17). The Morgan fingerprint density at radius 1 is 1.40 bits per heavy atom. The van der Waals surface area contributed by atoms with E-state index in [4.69, 9.17) is 0 Å². The minimum absolute atomic E-state index is 0.0328. The van der Waals surface area contributed by atoms with Gasteiger partial charge in [-0.25, -0.2) is 9.78 Å². The van der Waals surface area contributed by atoms with Gasteiger partial charge in [-0.1, -0.05) is 25.2 Å². The zero-order chi connectivity index (χ0) is 14.9. The van der Waals surface area contributed by atoms with Gasteiger partial charge >= 0.3 is 11.9 Å². The summed E-state index contributed by atoms with van der Waals surface area (Å²) in [5.74, 6) is -1.79. The Hall–Kier alpha value is -1.76. The van der Waals surface area contributed by atoms with E-state index in [0.29, 0.717) is 23.4 Å². The van der Waals surface area contributed by atoms with E-state index in [1.807, 2.05) is 13.8 Å². The highest BCUT2D eigenvalue weighted by Gasteiger charge is 2.34. The predicted octanol–water partition coefficient (Wildman–Crippen LogP) is 1.80. The smallest absolute Gasteiger partial charge is 0.397 e. The van der Waals surface area contributed by atoms with Crippen LogP contribution in [0.4, 0.5) is 5.13 Å². The normalized spacial score (nSPS) is 16.4. The molecule has 1 amide bonds. The fraction of sp³-hybridized carbons (Fsp3) is 0.538. The molecule has 1 aromatic rings. The second-order valence-electron chi connectivity index (χ2n) is 5.41. The number of hydrogen-bond donors (Lipinski definition) is 1.